The molecule has 0 atom stereocenters. The predicted octanol–water partition coefficient (Wildman–Crippen LogP) is 2.85. The summed E-state index contributed by atoms with van der Waals surface area (Å²) in [6.07, 6.45) is 1.54. The molecule has 0 spiro atoms. The summed E-state index contributed by atoms with van der Waals surface area (Å²) in [5.41, 5.74) is 6.40. The van der Waals surface area contributed by atoms with Crippen molar-refractivity contribution in [3.8, 4) is 5.75 Å². The summed E-state index contributed by atoms with van der Waals surface area (Å²) in [5.74, 6) is -0.459. The molecule has 0 radical (unpaired) electrons. The number of nitrogen functional groups attached to an aromatic ring is 1. The van der Waals surface area contributed by atoms with Crippen LogP contribution >= 0.6 is 15.9 Å². The zero-order chi connectivity index (χ0) is 13.8. The lowest BCUT2D eigenvalue weighted by molar-refractivity contribution is 0.289. The fourth-order valence-corrected chi connectivity index (χ4v) is 1.88. The van der Waals surface area contributed by atoms with Gasteiger partial charge in [0.15, 0.2) is 11.6 Å². The molecule has 0 aliphatic rings. The molecule has 19 heavy (non-hydrogen) atoms. The Morgan fingerprint density at radius 2 is 2.21 bits per heavy atom. The van der Waals surface area contributed by atoms with Crippen molar-refractivity contribution in [2.45, 2.75) is 6.61 Å². The van der Waals surface area contributed by atoms with Crippen molar-refractivity contribution in [3.05, 3.63) is 58.1 Å². The Morgan fingerprint density at radius 1 is 1.42 bits per heavy atom. The number of halogens is 2. The van der Waals surface area contributed by atoms with Crippen molar-refractivity contribution >= 4 is 21.8 Å². The number of amidine groups is 1. The number of hydrogen-bond acceptors (Lipinski definition) is 3. The van der Waals surface area contributed by atoms with Gasteiger partial charge >= 0.3 is 0 Å². The Balaban J connectivity index is 2.17. The Kier molecular flexibility index (Phi) is 4.11. The van der Waals surface area contributed by atoms with Gasteiger partial charge in [-0.25, -0.2) is 4.39 Å². The van der Waals surface area contributed by atoms with Crippen LogP contribution in [0.3, 0.4) is 0 Å². The number of rotatable bonds is 4. The Bertz CT molecular complexity index is 619. The van der Waals surface area contributed by atoms with Gasteiger partial charge in [0, 0.05) is 16.2 Å². The summed E-state index contributed by atoms with van der Waals surface area (Å²) in [7, 11) is 0. The summed E-state index contributed by atoms with van der Waals surface area (Å²) in [4.78, 5) is 4.00. The van der Waals surface area contributed by atoms with E-state index in [9.17, 15) is 4.39 Å². The van der Waals surface area contributed by atoms with Crippen molar-refractivity contribution in [1.82, 2.24) is 4.98 Å². The van der Waals surface area contributed by atoms with Gasteiger partial charge in [-0.1, -0.05) is 22.0 Å². The fraction of sp³-hybridized carbons (Fsp3) is 0.0769. The molecule has 2 aromatic rings. The van der Waals surface area contributed by atoms with Crippen LogP contribution in [-0.2, 0) is 6.61 Å². The van der Waals surface area contributed by atoms with E-state index >= 15 is 0 Å². The maximum atomic E-state index is 13.6. The summed E-state index contributed by atoms with van der Waals surface area (Å²) in [5, 5.41) is 7.41. The Morgan fingerprint density at radius 3 is 2.89 bits per heavy atom. The molecule has 3 N–H and O–H groups in total. The highest BCUT2D eigenvalue weighted by atomic mass is 79.9. The van der Waals surface area contributed by atoms with Crippen LogP contribution < -0.4 is 10.5 Å². The van der Waals surface area contributed by atoms with Gasteiger partial charge in [0.2, 0.25) is 0 Å². The number of aromatic nitrogens is 1. The molecule has 98 valence electrons. The van der Waals surface area contributed by atoms with E-state index in [4.69, 9.17) is 15.9 Å². The smallest absolute Gasteiger partial charge is 0.166 e. The third-order valence-corrected chi connectivity index (χ3v) is 2.92. The lowest BCUT2D eigenvalue weighted by Gasteiger charge is -2.10. The third-order valence-electron chi connectivity index (χ3n) is 2.42. The topological polar surface area (TPSA) is 72.0 Å². The van der Waals surface area contributed by atoms with Gasteiger partial charge in [0.25, 0.3) is 0 Å². The van der Waals surface area contributed by atoms with Crippen LogP contribution in [-0.4, -0.2) is 10.8 Å². The average molecular weight is 324 g/mol. The minimum Gasteiger partial charge on any atom is -0.486 e. The minimum absolute atomic E-state index is 0.0985. The second-order valence-electron chi connectivity index (χ2n) is 3.79. The zero-order valence-electron chi connectivity index (χ0n) is 9.86. The molecule has 0 fully saturated rings. The van der Waals surface area contributed by atoms with Gasteiger partial charge in [-0.05, 0) is 24.3 Å². The summed E-state index contributed by atoms with van der Waals surface area (Å²) in [6, 6.07) is 7.99. The molecule has 1 heterocycles. The molecular weight excluding hydrogens is 313 g/mol. The quantitative estimate of drug-likeness (QED) is 0.671. The van der Waals surface area contributed by atoms with E-state index in [0.29, 0.717) is 15.7 Å². The number of nitrogens with one attached hydrogen (secondary N) is 1. The first-order valence-corrected chi connectivity index (χ1v) is 6.23. The highest BCUT2D eigenvalue weighted by Crippen LogP contribution is 2.22. The van der Waals surface area contributed by atoms with Crippen LogP contribution in [0.1, 0.15) is 11.3 Å². The number of ether oxygens (including phenoxy) is 1. The van der Waals surface area contributed by atoms with Gasteiger partial charge in [-0.3, -0.25) is 10.4 Å². The van der Waals surface area contributed by atoms with Gasteiger partial charge in [0.05, 0.1) is 0 Å². The molecule has 0 aliphatic carbocycles. The van der Waals surface area contributed by atoms with Crippen LogP contribution in [0.4, 0.5) is 4.39 Å². The molecule has 6 heteroatoms. The lowest BCUT2D eigenvalue weighted by Crippen LogP contribution is -2.16. The van der Waals surface area contributed by atoms with Crippen LogP contribution in [0, 0.1) is 11.2 Å². The lowest BCUT2D eigenvalue weighted by atomic mass is 10.2. The molecule has 0 saturated heterocycles. The molecule has 0 amide bonds. The molecule has 4 nitrogen and oxygen atoms in total. The summed E-state index contributed by atoms with van der Waals surface area (Å²) >= 11 is 3.17. The van der Waals surface area contributed by atoms with E-state index in [0.717, 1.165) is 0 Å². The first kappa shape index (κ1) is 13.5. The van der Waals surface area contributed by atoms with Crippen molar-refractivity contribution in [2.75, 3.05) is 0 Å². The van der Waals surface area contributed by atoms with E-state index < -0.39 is 5.82 Å². The fourth-order valence-electron chi connectivity index (χ4n) is 1.55. The van der Waals surface area contributed by atoms with Crippen molar-refractivity contribution in [3.63, 3.8) is 0 Å². The molecule has 0 unspecified atom stereocenters. The van der Waals surface area contributed by atoms with E-state index in [1.807, 2.05) is 0 Å². The van der Waals surface area contributed by atoms with E-state index in [1.165, 1.54) is 12.1 Å². The maximum absolute atomic E-state index is 13.6. The van der Waals surface area contributed by atoms with E-state index in [2.05, 4.69) is 20.9 Å². The van der Waals surface area contributed by atoms with Gasteiger partial charge < -0.3 is 10.5 Å². The largest absolute Gasteiger partial charge is 0.486 e. The number of benzene rings is 1. The Hall–Kier alpha value is -1.95. The molecule has 0 bridgehead atoms. The van der Waals surface area contributed by atoms with Crippen molar-refractivity contribution < 1.29 is 9.13 Å². The first-order valence-electron chi connectivity index (χ1n) is 5.44. The van der Waals surface area contributed by atoms with E-state index in [1.54, 1.807) is 24.4 Å². The van der Waals surface area contributed by atoms with Gasteiger partial charge in [-0.2, -0.15) is 0 Å². The highest BCUT2D eigenvalue weighted by Gasteiger charge is 2.09. The standard InChI is InChI=1S/C13H11BrFN3O/c14-9-3-4-11(10(15)6-9)19-7-8-2-1-5-18-12(8)13(16)17/h1-6H,7H2,(H3,16,17). The maximum Gasteiger partial charge on any atom is 0.166 e. The molecule has 0 saturated carbocycles. The van der Waals surface area contributed by atoms with Crippen LogP contribution in [0.5, 0.6) is 5.75 Å². The van der Waals surface area contributed by atoms with Gasteiger partial charge in [-0.15, -0.1) is 0 Å². The summed E-state index contributed by atoms with van der Waals surface area (Å²) in [6.45, 7) is 0.0985. The average Bonchev–Trinajstić information content (AvgIpc) is 2.38. The minimum atomic E-state index is -0.456. The SMILES string of the molecule is N=C(N)c1ncccc1COc1ccc(Br)cc1F. The number of nitrogens with two attached hydrogens (primary N) is 1. The number of hydrogen-bond donors (Lipinski definition) is 2. The normalized spacial score (nSPS) is 10.2. The zero-order valence-corrected chi connectivity index (χ0v) is 11.4. The third kappa shape index (κ3) is 3.29. The van der Waals surface area contributed by atoms with Crippen LogP contribution in [0.25, 0.3) is 0 Å². The molecule has 1 aromatic heterocycles. The highest BCUT2D eigenvalue weighted by molar-refractivity contribution is 9.10. The van der Waals surface area contributed by atoms with Crippen molar-refractivity contribution in [1.29, 1.82) is 5.41 Å². The van der Waals surface area contributed by atoms with Gasteiger partial charge in [0.1, 0.15) is 18.1 Å². The molecule has 2 rings (SSSR count). The van der Waals surface area contributed by atoms with Crippen LogP contribution in [0.2, 0.25) is 0 Å². The van der Waals surface area contributed by atoms with Crippen LogP contribution in [0.15, 0.2) is 41.0 Å². The first-order chi connectivity index (χ1) is 9.08. The summed E-state index contributed by atoms with van der Waals surface area (Å²) < 4.78 is 19.6. The second-order valence-corrected chi connectivity index (χ2v) is 4.70. The predicted molar refractivity (Wildman–Crippen MR) is 73.7 cm³/mol. The second kappa shape index (κ2) is 5.79. The molecular formula is C13H11BrFN3O. The monoisotopic (exact) mass is 323 g/mol. The van der Waals surface area contributed by atoms with Crippen molar-refractivity contribution in [2.24, 2.45) is 5.73 Å². The number of nitrogens with zero attached hydrogens (tertiary/aromatic N) is 1. The Labute approximate surface area is 118 Å². The number of pyridine rings is 1. The molecule has 1 aromatic carbocycles. The van der Waals surface area contributed by atoms with E-state index in [-0.39, 0.29) is 18.2 Å². The molecule has 0 aliphatic heterocycles.